The van der Waals surface area contributed by atoms with E-state index in [4.69, 9.17) is 0 Å². The van der Waals surface area contributed by atoms with Gasteiger partial charge in [0.15, 0.2) is 0 Å². The Balaban J connectivity index is 1.95. The van der Waals surface area contributed by atoms with Crippen LogP contribution in [0.4, 0.5) is 0 Å². The lowest BCUT2D eigenvalue weighted by atomic mass is 9.97. The van der Waals surface area contributed by atoms with Crippen molar-refractivity contribution >= 4 is 5.91 Å². The maximum absolute atomic E-state index is 12.2. The lowest BCUT2D eigenvalue weighted by molar-refractivity contribution is 0.0925. The van der Waals surface area contributed by atoms with Crippen molar-refractivity contribution in [3.63, 3.8) is 0 Å². The maximum atomic E-state index is 12.2. The van der Waals surface area contributed by atoms with Crippen molar-refractivity contribution in [1.82, 2.24) is 10.6 Å². The normalized spacial score (nSPS) is 23.4. The molecule has 2 unspecified atom stereocenters. The van der Waals surface area contributed by atoms with Crippen LogP contribution in [0.3, 0.4) is 0 Å². The SMILES string of the molecule is CC1CNCC(NC(=O)c2ccc(C(C)C)cc2)C1. The Kier molecular flexibility index (Phi) is 4.59. The van der Waals surface area contributed by atoms with Crippen LogP contribution < -0.4 is 10.6 Å². The smallest absolute Gasteiger partial charge is 0.251 e. The highest BCUT2D eigenvalue weighted by Crippen LogP contribution is 2.15. The van der Waals surface area contributed by atoms with Crippen LogP contribution in [-0.2, 0) is 0 Å². The lowest BCUT2D eigenvalue weighted by Gasteiger charge is -2.28. The fourth-order valence-corrected chi connectivity index (χ4v) is 2.55. The van der Waals surface area contributed by atoms with Gasteiger partial charge in [-0.25, -0.2) is 0 Å². The van der Waals surface area contributed by atoms with Gasteiger partial charge in [-0.05, 0) is 42.5 Å². The van der Waals surface area contributed by atoms with Crippen LogP contribution in [0.5, 0.6) is 0 Å². The van der Waals surface area contributed by atoms with E-state index in [0.717, 1.165) is 25.1 Å². The molecule has 1 heterocycles. The molecule has 1 aliphatic rings. The standard InChI is InChI=1S/C16H24N2O/c1-11(2)13-4-6-14(7-5-13)16(19)18-15-8-12(3)9-17-10-15/h4-7,11-12,15,17H,8-10H2,1-3H3,(H,18,19). The zero-order valence-corrected chi connectivity index (χ0v) is 12.1. The molecule has 1 aliphatic heterocycles. The van der Waals surface area contributed by atoms with E-state index in [2.05, 4.69) is 31.4 Å². The van der Waals surface area contributed by atoms with Gasteiger partial charge in [0.2, 0.25) is 0 Å². The fourth-order valence-electron chi connectivity index (χ4n) is 2.55. The van der Waals surface area contributed by atoms with Crippen molar-refractivity contribution in [3.05, 3.63) is 35.4 Å². The molecule has 1 fully saturated rings. The Bertz CT molecular complexity index is 425. The molecule has 0 bridgehead atoms. The summed E-state index contributed by atoms with van der Waals surface area (Å²) in [6.07, 6.45) is 1.06. The average molecular weight is 260 g/mol. The van der Waals surface area contributed by atoms with Crippen LogP contribution in [0.1, 0.15) is 49.0 Å². The average Bonchev–Trinajstić information content (AvgIpc) is 2.39. The second kappa shape index (κ2) is 6.20. The highest BCUT2D eigenvalue weighted by molar-refractivity contribution is 5.94. The molecule has 0 aromatic heterocycles. The van der Waals surface area contributed by atoms with Gasteiger partial charge in [-0.2, -0.15) is 0 Å². The van der Waals surface area contributed by atoms with Crippen LogP contribution in [0.2, 0.25) is 0 Å². The van der Waals surface area contributed by atoms with Crippen LogP contribution in [0, 0.1) is 5.92 Å². The molecule has 1 aromatic rings. The van der Waals surface area contributed by atoms with Gasteiger partial charge in [0.1, 0.15) is 0 Å². The summed E-state index contributed by atoms with van der Waals surface area (Å²) in [5.74, 6) is 1.17. The van der Waals surface area contributed by atoms with Gasteiger partial charge in [-0.1, -0.05) is 32.9 Å². The van der Waals surface area contributed by atoms with Crippen LogP contribution >= 0.6 is 0 Å². The summed E-state index contributed by atoms with van der Waals surface area (Å²) in [7, 11) is 0. The Labute approximate surface area is 115 Å². The number of amides is 1. The summed E-state index contributed by atoms with van der Waals surface area (Å²) in [4.78, 5) is 12.2. The van der Waals surface area contributed by atoms with Crippen molar-refractivity contribution in [1.29, 1.82) is 0 Å². The predicted octanol–water partition coefficient (Wildman–Crippen LogP) is 2.54. The van der Waals surface area contributed by atoms with E-state index < -0.39 is 0 Å². The predicted molar refractivity (Wildman–Crippen MR) is 78.4 cm³/mol. The lowest BCUT2D eigenvalue weighted by Crippen LogP contribution is -2.48. The van der Waals surface area contributed by atoms with Gasteiger partial charge in [0.05, 0.1) is 0 Å². The first-order valence-corrected chi connectivity index (χ1v) is 7.17. The van der Waals surface area contributed by atoms with Gasteiger partial charge in [0, 0.05) is 18.2 Å². The Morgan fingerprint density at radius 2 is 1.95 bits per heavy atom. The van der Waals surface area contributed by atoms with Gasteiger partial charge in [-0.15, -0.1) is 0 Å². The van der Waals surface area contributed by atoms with Crippen molar-refractivity contribution in [3.8, 4) is 0 Å². The van der Waals surface area contributed by atoms with E-state index in [-0.39, 0.29) is 11.9 Å². The fraction of sp³-hybridized carbons (Fsp3) is 0.562. The summed E-state index contributed by atoms with van der Waals surface area (Å²) in [5, 5.41) is 6.46. The quantitative estimate of drug-likeness (QED) is 0.877. The third kappa shape index (κ3) is 3.80. The van der Waals surface area contributed by atoms with Crippen LogP contribution in [-0.4, -0.2) is 25.0 Å². The number of benzene rings is 1. The second-order valence-corrected chi connectivity index (χ2v) is 5.95. The van der Waals surface area contributed by atoms with Crippen LogP contribution in [0.15, 0.2) is 24.3 Å². The minimum Gasteiger partial charge on any atom is -0.348 e. The third-order valence-corrected chi connectivity index (χ3v) is 3.75. The topological polar surface area (TPSA) is 41.1 Å². The first kappa shape index (κ1) is 14.1. The second-order valence-electron chi connectivity index (χ2n) is 5.95. The molecular formula is C16H24N2O. The molecular weight excluding hydrogens is 236 g/mol. The summed E-state index contributed by atoms with van der Waals surface area (Å²) < 4.78 is 0. The molecule has 0 spiro atoms. The Morgan fingerprint density at radius 3 is 2.53 bits per heavy atom. The summed E-state index contributed by atoms with van der Waals surface area (Å²) >= 11 is 0. The van der Waals surface area contributed by atoms with E-state index in [0.29, 0.717) is 11.8 Å². The molecule has 1 saturated heterocycles. The van der Waals surface area contributed by atoms with Crippen molar-refractivity contribution in [2.24, 2.45) is 5.92 Å². The van der Waals surface area contributed by atoms with Gasteiger partial charge in [-0.3, -0.25) is 4.79 Å². The molecule has 0 aliphatic carbocycles. The largest absolute Gasteiger partial charge is 0.348 e. The zero-order chi connectivity index (χ0) is 13.8. The molecule has 3 nitrogen and oxygen atoms in total. The molecule has 0 radical (unpaired) electrons. The Hall–Kier alpha value is -1.35. The first-order chi connectivity index (χ1) is 9.06. The van der Waals surface area contributed by atoms with E-state index in [1.807, 2.05) is 24.3 Å². The van der Waals surface area contributed by atoms with Gasteiger partial charge >= 0.3 is 0 Å². The number of carbonyl (C=O) groups is 1. The van der Waals surface area contributed by atoms with Crippen LogP contribution in [0.25, 0.3) is 0 Å². The minimum absolute atomic E-state index is 0.0382. The minimum atomic E-state index is 0.0382. The number of piperidine rings is 1. The van der Waals surface area contributed by atoms with E-state index in [1.54, 1.807) is 0 Å². The molecule has 19 heavy (non-hydrogen) atoms. The summed E-state index contributed by atoms with van der Waals surface area (Å²) in [6.45, 7) is 8.45. The molecule has 1 aromatic carbocycles. The third-order valence-electron chi connectivity index (χ3n) is 3.75. The molecule has 2 N–H and O–H groups in total. The monoisotopic (exact) mass is 260 g/mol. The summed E-state index contributed by atoms with van der Waals surface area (Å²) in [5.41, 5.74) is 2.02. The molecule has 104 valence electrons. The van der Waals surface area contributed by atoms with Gasteiger partial charge in [0.25, 0.3) is 5.91 Å². The number of rotatable bonds is 3. The molecule has 0 saturated carbocycles. The van der Waals surface area contributed by atoms with Crippen molar-refractivity contribution < 1.29 is 4.79 Å². The van der Waals surface area contributed by atoms with E-state index in [9.17, 15) is 4.79 Å². The number of carbonyl (C=O) groups excluding carboxylic acids is 1. The van der Waals surface area contributed by atoms with Gasteiger partial charge < -0.3 is 10.6 Å². The highest BCUT2D eigenvalue weighted by Gasteiger charge is 2.20. The highest BCUT2D eigenvalue weighted by atomic mass is 16.1. The number of nitrogens with one attached hydrogen (secondary N) is 2. The van der Waals surface area contributed by atoms with E-state index in [1.165, 1.54) is 5.56 Å². The summed E-state index contributed by atoms with van der Waals surface area (Å²) in [6, 6.07) is 8.18. The number of hydrogen-bond donors (Lipinski definition) is 2. The number of hydrogen-bond acceptors (Lipinski definition) is 2. The maximum Gasteiger partial charge on any atom is 0.251 e. The van der Waals surface area contributed by atoms with Crippen molar-refractivity contribution in [2.45, 2.75) is 39.2 Å². The molecule has 2 rings (SSSR count). The van der Waals surface area contributed by atoms with Crippen molar-refractivity contribution in [2.75, 3.05) is 13.1 Å². The zero-order valence-electron chi connectivity index (χ0n) is 12.1. The molecule has 1 amide bonds. The Morgan fingerprint density at radius 1 is 1.26 bits per heavy atom. The molecule has 3 heteroatoms. The molecule has 2 atom stereocenters. The first-order valence-electron chi connectivity index (χ1n) is 7.17. The van der Waals surface area contributed by atoms with E-state index >= 15 is 0 Å².